The fraction of sp³-hybridized carbons (Fsp3) is 0.400. The van der Waals surface area contributed by atoms with Gasteiger partial charge in [-0.1, -0.05) is 19.1 Å². The van der Waals surface area contributed by atoms with Gasteiger partial charge in [0.25, 0.3) is 0 Å². The van der Waals surface area contributed by atoms with Crippen molar-refractivity contribution in [2.45, 2.75) is 40.3 Å². The summed E-state index contributed by atoms with van der Waals surface area (Å²) in [5, 5.41) is 3.47. The fourth-order valence-corrected chi connectivity index (χ4v) is 2.07. The number of imidazole rings is 1. The summed E-state index contributed by atoms with van der Waals surface area (Å²) in [6.07, 6.45) is 5.05. The van der Waals surface area contributed by atoms with Crippen LogP contribution in [0.4, 0.5) is 5.69 Å². The molecule has 0 bridgehead atoms. The SMILES string of the molecule is CCCn1ccnc1CNc1cccc(C)c1C. The number of nitrogens with one attached hydrogen (secondary N) is 1. The summed E-state index contributed by atoms with van der Waals surface area (Å²) in [4.78, 5) is 4.40. The Kier molecular flexibility index (Phi) is 4.03. The fourth-order valence-electron chi connectivity index (χ4n) is 2.07. The predicted octanol–water partition coefficient (Wildman–Crippen LogP) is 3.52. The molecule has 2 rings (SSSR count). The number of anilines is 1. The Hall–Kier alpha value is -1.77. The zero-order chi connectivity index (χ0) is 13.0. The molecular weight excluding hydrogens is 222 g/mol. The first-order valence-corrected chi connectivity index (χ1v) is 6.52. The van der Waals surface area contributed by atoms with Gasteiger partial charge in [-0.25, -0.2) is 4.98 Å². The molecule has 1 N–H and O–H groups in total. The number of benzene rings is 1. The largest absolute Gasteiger partial charge is 0.378 e. The summed E-state index contributed by atoms with van der Waals surface area (Å²) >= 11 is 0. The number of rotatable bonds is 5. The van der Waals surface area contributed by atoms with E-state index in [2.05, 4.69) is 53.8 Å². The molecule has 0 radical (unpaired) electrons. The van der Waals surface area contributed by atoms with Gasteiger partial charge < -0.3 is 9.88 Å². The van der Waals surface area contributed by atoms with Crippen molar-refractivity contribution in [1.29, 1.82) is 0 Å². The number of nitrogens with zero attached hydrogens (tertiary/aromatic N) is 2. The molecule has 0 amide bonds. The third-order valence-corrected chi connectivity index (χ3v) is 3.31. The lowest BCUT2D eigenvalue weighted by Gasteiger charge is -2.12. The molecule has 0 unspecified atom stereocenters. The quantitative estimate of drug-likeness (QED) is 0.870. The Morgan fingerprint density at radius 3 is 2.89 bits per heavy atom. The van der Waals surface area contributed by atoms with Gasteiger partial charge >= 0.3 is 0 Å². The van der Waals surface area contributed by atoms with Gasteiger partial charge in [-0.2, -0.15) is 0 Å². The topological polar surface area (TPSA) is 29.9 Å². The van der Waals surface area contributed by atoms with Crippen LogP contribution in [0.1, 0.15) is 30.3 Å². The molecular formula is C15H21N3. The van der Waals surface area contributed by atoms with Gasteiger partial charge in [-0.15, -0.1) is 0 Å². The standard InChI is InChI=1S/C15H21N3/c1-4-9-18-10-8-16-15(18)11-17-14-7-5-6-12(2)13(14)3/h5-8,10,17H,4,9,11H2,1-3H3. The molecule has 3 heteroatoms. The highest BCUT2D eigenvalue weighted by Gasteiger charge is 2.04. The number of hydrogen-bond acceptors (Lipinski definition) is 2. The molecule has 0 saturated heterocycles. The van der Waals surface area contributed by atoms with Crippen LogP contribution in [0.5, 0.6) is 0 Å². The van der Waals surface area contributed by atoms with Gasteiger partial charge in [0.2, 0.25) is 0 Å². The highest BCUT2D eigenvalue weighted by atomic mass is 15.1. The van der Waals surface area contributed by atoms with Crippen molar-refractivity contribution in [3.63, 3.8) is 0 Å². The minimum Gasteiger partial charge on any atom is -0.378 e. The van der Waals surface area contributed by atoms with Crippen molar-refractivity contribution < 1.29 is 0 Å². The van der Waals surface area contributed by atoms with Crippen molar-refractivity contribution in [1.82, 2.24) is 9.55 Å². The first-order chi connectivity index (χ1) is 8.72. The molecule has 0 aliphatic carbocycles. The first-order valence-electron chi connectivity index (χ1n) is 6.52. The summed E-state index contributed by atoms with van der Waals surface area (Å²) < 4.78 is 2.21. The number of hydrogen-bond donors (Lipinski definition) is 1. The van der Waals surface area contributed by atoms with Crippen LogP contribution in [-0.2, 0) is 13.1 Å². The van der Waals surface area contributed by atoms with Gasteiger partial charge in [0.05, 0.1) is 6.54 Å². The normalized spacial score (nSPS) is 10.6. The lowest BCUT2D eigenvalue weighted by atomic mass is 10.1. The molecule has 96 valence electrons. The number of aryl methyl sites for hydroxylation is 2. The zero-order valence-corrected chi connectivity index (χ0v) is 11.4. The maximum absolute atomic E-state index is 4.40. The van der Waals surface area contributed by atoms with E-state index in [0.717, 1.165) is 25.3 Å². The van der Waals surface area contributed by atoms with E-state index in [-0.39, 0.29) is 0 Å². The summed E-state index contributed by atoms with van der Waals surface area (Å²) in [6, 6.07) is 6.34. The van der Waals surface area contributed by atoms with Gasteiger partial charge in [-0.05, 0) is 37.5 Å². The second-order valence-corrected chi connectivity index (χ2v) is 4.64. The average Bonchev–Trinajstić information content (AvgIpc) is 2.79. The van der Waals surface area contributed by atoms with E-state index in [0.29, 0.717) is 0 Å². The van der Waals surface area contributed by atoms with Crippen molar-refractivity contribution in [3.8, 4) is 0 Å². The van der Waals surface area contributed by atoms with Crippen molar-refractivity contribution in [2.75, 3.05) is 5.32 Å². The summed E-state index contributed by atoms with van der Waals surface area (Å²) in [7, 11) is 0. The van der Waals surface area contributed by atoms with Crippen LogP contribution in [0, 0.1) is 13.8 Å². The highest BCUT2D eigenvalue weighted by molar-refractivity contribution is 5.53. The van der Waals surface area contributed by atoms with Crippen LogP contribution in [0.3, 0.4) is 0 Å². The summed E-state index contributed by atoms with van der Waals surface area (Å²) in [5.41, 5.74) is 3.82. The van der Waals surface area contributed by atoms with Crippen LogP contribution in [-0.4, -0.2) is 9.55 Å². The molecule has 0 saturated carbocycles. The molecule has 0 aliphatic rings. The molecule has 1 heterocycles. The molecule has 0 atom stereocenters. The van der Waals surface area contributed by atoms with E-state index in [1.54, 1.807) is 0 Å². The van der Waals surface area contributed by atoms with Crippen LogP contribution in [0.15, 0.2) is 30.6 Å². The molecule has 1 aromatic heterocycles. The minimum atomic E-state index is 0.775. The molecule has 0 fully saturated rings. The molecule has 1 aromatic carbocycles. The van der Waals surface area contributed by atoms with Crippen LogP contribution in [0.25, 0.3) is 0 Å². The Morgan fingerprint density at radius 1 is 1.28 bits per heavy atom. The monoisotopic (exact) mass is 243 g/mol. The number of aromatic nitrogens is 2. The van der Waals surface area contributed by atoms with E-state index < -0.39 is 0 Å². The Bertz CT molecular complexity index is 514. The zero-order valence-electron chi connectivity index (χ0n) is 11.4. The minimum absolute atomic E-state index is 0.775. The molecule has 3 nitrogen and oxygen atoms in total. The van der Waals surface area contributed by atoms with E-state index in [1.165, 1.54) is 16.8 Å². The Morgan fingerprint density at radius 2 is 2.11 bits per heavy atom. The predicted molar refractivity (Wildman–Crippen MR) is 75.8 cm³/mol. The van der Waals surface area contributed by atoms with Gasteiger partial charge in [0.1, 0.15) is 5.82 Å². The smallest absolute Gasteiger partial charge is 0.128 e. The summed E-state index contributed by atoms with van der Waals surface area (Å²) in [5.74, 6) is 1.10. The third-order valence-electron chi connectivity index (χ3n) is 3.31. The van der Waals surface area contributed by atoms with E-state index in [9.17, 15) is 0 Å². The molecule has 2 aromatic rings. The summed E-state index contributed by atoms with van der Waals surface area (Å²) in [6.45, 7) is 8.28. The van der Waals surface area contributed by atoms with Gasteiger partial charge in [-0.3, -0.25) is 0 Å². The maximum atomic E-state index is 4.40. The van der Waals surface area contributed by atoms with E-state index in [4.69, 9.17) is 0 Å². The van der Waals surface area contributed by atoms with Gasteiger partial charge in [0.15, 0.2) is 0 Å². The van der Waals surface area contributed by atoms with Gasteiger partial charge in [0, 0.05) is 24.6 Å². The maximum Gasteiger partial charge on any atom is 0.128 e. The molecule has 0 aliphatic heterocycles. The average molecular weight is 243 g/mol. The van der Waals surface area contributed by atoms with Crippen molar-refractivity contribution >= 4 is 5.69 Å². The van der Waals surface area contributed by atoms with Crippen LogP contribution in [0.2, 0.25) is 0 Å². The first kappa shape index (κ1) is 12.7. The Labute approximate surface area is 109 Å². The lowest BCUT2D eigenvalue weighted by Crippen LogP contribution is -2.09. The second kappa shape index (κ2) is 5.71. The van der Waals surface area contributed by atoms with Crippen molar-refractivity contribution in [2.24, 2.45) is 0 Å². The third kappa shape index (κ3) is 2.73. The van der Waals surface area contributed by atoms with E-state index >= 15 is 0 Å². The Balaban J connectivity index is 2.07. The van der Waals surface area contributed by atoms with Crippen LogP contribution < -0.4 is 5.32 Å². The highest BCUT2D eigenvalue weighted by Crippen LogP contribution is 2.18. The lowest BCUT2D eigenvalue weighted by molar-refractivity contribution is 0.644. The van der Waals surface area contributed by atoms with E-state index in [1.807, 2.05) is 12.4 Å². The van der Waals surface area contributed by atoms with Crippen LogP contribution >= 0.6 is 0 Å². The molecule has 0 spiro atoms. The molecule has 18 heavy (non-hydrogen) atoms. The second-order valence-electron chi connectivity index (χ2n) is 4.64. The van der Waals surface area contributed by atoms with Crippen molar-refractivity contribution in [3.05, 3.63) is 47.5 Å².